The monoisotopic (exact) mass is 272 g/mol. The molecule has 2 aliphatic heterocycles. The van der Waals surface area contributed by atoms with Crippen molar-refractivity contribution in [2.45, 2.75) is 11.4 Å². The van der Waals surface area contributed by atoms with Gasteiger partial charge in [-0.2, -0.15) is 0 Å². The Labute approximate surface area is 108 Å². The standard InChI is InChI=1S/C10H8N2O3S.ClH/c13-9-7-5-16-8(12(7)10(14)15-9)6-2-1-3-11-4-6;/h1-4,7-8H,5H2;1H. The van der Waals surface area contributed by atoms with E-state index >= 15 is 0 Å². The van der Waals surface area contributed by atoms with Gasteiger partial charge in [-0.15, -0.1) is 24.2 Å². The number of hydrogen-bond acceptors (Lipinski definition) is 5. The highest BCUT2D eigenvalue weighted by Gasteiger charge is 2.50. The topological polar surface area (TPSA) is 59.5 Å². The van der Waals surface area contributed by atoms with Gasteiger partial charge in [0.15, 0.2) is 0 Å². The molecule has 0 N–H and O–H groups in total. The number of thioether (sulfide) groups is 1. The summed E-state index contributed by atoms with van der Waals surface area (Å²) in [6.07, 6.45) is 2.83. The fraction of sp³-hybridized carbons (Fsp3) is 0.300. The number of ether oxygens (including phenoxy) is 1. The average molecular weight is 273 g/mol. The van der Waals surface area contributed by atoms with Crippen LogP contribution in [0.5, 0.6) is 0 Å². The number of hydrogen-bond donors (Lipinski definition) is 0. The van der Waals surface area contributed by atoms with Crippen LogP contribution in [0.4, 0.5) is 4.79 Å². The number of amides is 1. The maximum atomic E-state index is 11.5. The summed E-state index contributed by atoms with van der Waals surface area (Å²) in [5.74, 6) is 0.147. The Balaban J connectivity index is 0.00000108. The maximum Gasteiger partial charge on any atom is 0.419 e. The number of halogens is 1. The lowest BCUT2D eigenvalue weighted by atomic mass is 10.2. The summed E-state index contributed by atoms with van der Waals surface area (Å²) in [4.78, 5) is 28.3. The van der Waals surface area contributed by atoms with E-state index in [1.54, 1.807) is 24.2 Å². The number of fused-ring (bicyclic) bond motifs is 1. The molecular weight excluding hydrogens is 264 g/mol. The molecule has 90 valence electrons. The molecule has 2 unspecified atom stereocenters. The van der Waals surface area contributed by atoms with E-state index < -0.39 is 18.1 Å². The zero-order valence-electron chi connectivity index (χ0n) is 8.61. The van der Waals surface area contributed by atoms with Crippen LogP contribution in [0.3, 0.4) is 0 Å². The molecule has 2 atom stereocenters. The first kappa shape index (κ1) is 12.2. The molecule has 7 heteroatoms. The number of rotatable bonds is 1. The van der Waals surface area contributed by atoms with Crippen molar-refractivity contribution < 1.29 is 14.3 Å². The molecule has 0 radical (unpaired) electrons. The first-order chi connectivity index (χ1) is 7.77. The van der Waals surface area contributed by atoms with Crippen molar-refractivity contribution in [3.05, 3.63) is 30.1 Å². The number of aromatic nitrogens is 1. The van der Waals surface area contributed by atoms with Crippen molar-refractivity contribution in [3.63, 3.8) is 0 Å². The molecule has 2 saturated heterocycles. The largest absolute Gasteiger partial charge is 0.419 e. The summed E-state index contributed by atoms with van der Waals surface area (Å²) in [7, 11) is 0. The molecule has 0 aliphatic carbocycles. The summed E-state index contributed by atoms with van der Waals surface area (Å²) in [5.41, 5.74) is 0.918. The van der Waals surface area contributed by atoms with Crippen LogP contribution in [0.2, 0.25) is 0 Å². The summed E-state index contributed by atoms with van der Waals surface area (Å²) in [6.45, 7) is 0. The number of carbonyl (C=O) groups excluding carboxylic acids is 2. The highest BCUT2D eigenvalue weighted by molar-refractivity contribution is 7.99. The third kappa shape index (κ3) is 1.87. The minimum absolute atomic E-state index is 0. The molecule has 2 aliphatic rings. The third-order valence-corrected chi connectivity index (χ3v) is 3.96. The van der Waals surface area contributed by atoms with Crippen LogP contribution in [0.1, 0.15) is 10.9 Å². The van der Waals surface area contributed by atoms with Crippen LogP contribution in [0.15, 0.2) is 24.5 Å². The number of esters is 1. The molecule has 0 saturated carbocycles. The van der Waals surface area contributed by atoms with Gasteiger partial charge in [-0.05, 0) is 6.07 Å². The normalized spacial score (nSPS) is 26.5. The second kappa shape index (κ2) is 4.54. The van der Waals surface area contributed by atoms with Gasteiger partial charge in [0.05, 0.1) is 0 Å². The predicted octanol–water partition coefficient (Wildman–Crippen LogP) is 1.60. The molecule has 0 bridgehead atoms. The highest BCUT2D eigenvalue weighted by Crippen LogP contribution is 2.43. The van der Waals surface area contributed by atoms with E-state index in [0.29, 0.717) is 5.75 Å². The molecule has 17 heavy (non-hydrogen) atoms. The number of cyclic esters (lactones) is 2. The van der Waals surface area contributed by atoms with Crippen LogP contribution < -0.4 is 0 Å². The van der Waals surface area contributed by atoms with Crippen LogP contribution >= 0.6 is 24.2 Å². The smallest absolute Gasteiger partial charge is 0.374 e. The van der Waals surface area contributed by atoms with Crippen molar-refractivity contribution in [1.29, 1.82) is 0 Å². The number of nitrogens with zero attached hydrogens (tertiary/aromatic N) is 2. The Kier molecular flexibility index (Phi) is 3.26. The van der Waals surface area contributed by atoms with Gasteiger partial charge in [0.1, 0.15) is 11.4 Å². The lowest BCUT2D eigenvalue weighted by Crippen LogP contribution is -2.32. The van der Waals surface area contributed by atoms with E-state index in [9.17, 15) is 9.59 Å². The van der Waals surface area contributed by atoms with E-state index in [-0.39, 0.29) is 17.8 Å². The van der Waals surface area contributed by atoms with Gasteiger partial charge in [0.2, 0.25) is 0 Å². The fourth-order valence-corrected chi connectivity index (χ4v) is 3.28. The molecule has 3 heterocycles. The first-order valence-corrected chi connectivity index (χ1v) is 5.88. The minimum atomic E-state index is -0.547. The van der Waals surface area contributed by atoms with Gasteiger partial charge < -0.3 is 4.74 Å². The van der Waals surface area contributed by atoms with Crippen molar-refractivity contribution in [1.82, 2.24) is 9.88 Å². The first-order valence-electron chi connectivity index (χ1n) is 4.83. The minimum Gasteiger partial charge on any atom is -0.374 e. The molecule has 0 spiro atoms. The van der Waals surface area contributed by atoms with Crippen molar-refractivity contribution in [2.24, 2.45) is 0 Å². The summed E-state index contributed by atoms with van der Waals surface area (Å²) in [5, 5.41) is -0.155. The van der Waals surface area contributed by atoms with Gasteiger partial charge in [0.25, 0.3) is 0 Å². The second-order valence-electron chi connectivity index (χ2n) is 3.58. The van der Waals surface area contributed by atoms with Crippen LogP contribution in [0.25, 0.3) is 0 Å². The lowest BCUT2D eigenvalue weighted by molar-refractivity contribution is -0.135. The molecule has 1 aromatic rings. The van der Waals surface area contributed by atoms with Crippen molar-refractivity contribution >= 4 is 36.2 Å². The Morgan fingerprint density at radius 3 is 3.00 bits per heavy atom. The average Bonchev–Trinajstić information content (AvgIpc) is 2.84. The van der Waals surface area contributed by atoms with Crippen LogP contribution in [-0.4, -0.2) is 33.7 Å². The molecule has 0 aromatic carbocycles. The van der Waals surface area contributed by atoms with Gasteiger partial charge >= 0.3 is 12.1 Å². The molecule has 1 amide bonds. The lowest BCUT2D eigenvalue weighted by Gasteiger charge is -2.19. The van der Waals surface area contributed by atoms with E-state index in [0.717, 1.165) is 5.56 Å². The van der Waals surface area contributed by atoms with E-state index in [4.69, 9.17) is 0 Å². The van der Waals surface area contributed by atoms with E-state index in [2.05, 4.69) is 9.72 Å². The molecule has 2 fully saturated rings. The summed E-state index contributed by atoms with van der Waals surface area (Å²) >= 11 is 1.56. The second-order valence-corrected chi connectivity index (χ2v) is 4.70. The van der Waals surface area contributed by atoms with Crippen LogP contribution in [0, 0.1) is 0 Å². The third-order valence-electron chi connectivity index (χ3n) is 2.64. The van der Waals surface area contributed by atoms with Gasteiger partial charge in [0, 0.05) is 23.7 Å². The highest BCUT2D eigenvalue weighted by atomic mass is 35.5. The SMILES string of the molecule is Cl.O=C1OC(=O)N2C1CSC2c1cccnc1. The predicted molar refractivity (Wildman–Crippen MR) is 63.8 cm³/mol. The maximum absolute atomic E-state index is 11.5. The van der Waals surface area contributed by atoms with Crippen molar-refractivity contribution in [3.8, 4) is 0 Å². The molecule has 5 nitrogen and oxygen atoms in total. The molecule has 1 aromatic heterocycles. The van der Waals surface area contributed by atoms with E-state index in [1.807, 2.05) is 12.1 Å². The Morgan fingerprint density at radius 2 is 2.29 bits per heavy atom. The van der Waals surface area contributed by atoms with E-state index in [1.165, 1.54) is 4.90 Å². The molecule has 3 rings (SSSR count). The quantitative estimate of drug-likeness (QED) is 0.574. The van der Waals surface area contributed by atoms with Gasteiger partial charge in [-0.1, -0.05) is 6.07 Å². The van der Waals surface area contributed by atoms with Crippen LogP contribution in [-0.2, 0) is 9.53 Å². The number of carbonyl (C=O) groups is 2. The van der Waals surface area contributed by atoms with Crippen molar-refractivity contribution in [2.75, 3.05) is 5.75 Å². The zero-order chi connectivity index (χ0) is 11.1. The van der Waals surface area contributed by atoms with Gasteiger partial charge in [-0.25, -0.2) is 9.59 Å². The fourth-order valence-electron chi connectivity index (χ4n) is 1.90. The Bertz CT molecular complexity index is 456. The summed E-state index contributed by atoms with van der Waals surface area (Å²) < 4.78 is 4.59. The molecular formula is C10H9ClN2O3S. The van der Waals surface area contributed by atoms with Gasteiger partial charge in [-0.3, -0.25) is 9.88 Å². The summed E-state index contributed by atoms with van der Waals surface area (Å²) in [6, 6.07) is 3.28. The Morgan fingerprint density at radius 1 is 1.47 bits per heavy atom. The number of pyridine rings is 1. The Hall–Kier alpha value is -1.27. The zero-order valence-corrected chi connectivity index (χ0v) is 10.2.